The zero-order valence-electron chi connectivity index (χ0n) is 10.4. The van der Waals surface area contributed by atoms with Gasteiger partial charge in [0.25, 0.3) is 0 Å². The third-order valence-corrected chi connectivity index (χ3v) is 2.38. The lowest BCUT2D eigenvalue weighted by molar-refractivity contribution is 0.415. The zero-order chi connectivity index (χ0) is 11.8. The Morgan fingerprint density at radius 2 is 1.81 bits per heavy atom. The van der Waals surface area contributed by atoms with Gasteiger partial charge in [-0.05, 0) is 36.1 Å². The molecule has 0 spiro atoms. The molecule has 1 rings (SSSR count). The molecule has 0 aliphatic heterocycles. The van der Waals surface area contributed by atoms with E-state index in [-0.39, 0.29) is 0 Å². The van der Waals surface area contributed by atoms with Crippen molar-refractivity contribution in [2.24, 2.45) is 0 Å². The van der Waals surface area contributed by atoms with Crippen molar-refractivity contribution in [1.82, 2.24) is 0 Å². The molecule has 1 aromatic rings. The molecule has 1 nitrogen and oxygen atoms in total. The predicted octanol–water partition coefficient (Wildman–Crippen LogP) is 4.45. The summed E-state index contributed by atoms with van der Waals surface area (Å²) in [5.74, 6) is 0.902. The molecule has 1 aromatic carbocycles. The molecule has 16 heavy (non-hydrogen) atoms. The Labute approximate surface area is 98.5 Å². The van der Waals surface area contributed by atoms with E-state index in [1.807, 2.05) is 12.1 Å². The van der Waals surface area contributed by atoms with Crippen molar-refractivity contribution in [3.05, 3.63) is 48.1 Å². The summed E-state index contributed by atoms with van der Waals surface area (Å²) in [4.78, 5) is 0. The van der Waals surface area contributed by atoms with Crippen LogP contribution >= 0.6 is 0 Å². The maximum absolute atomic E-state index is 5.15. The van der Waals surface area contributed by atoms with Crippen LogP contribution in [0.5, 0.6) is 5.75 Å². The van der Waals surface area contributed by atoms with E-state index < -0.39 is 0 Å². The molecule has 0 saturated carbocycles. The highest BCUT2D eigenvalue weighted by atomic mass is 16.5. The number of allylic oxidation sites excluding steroid dienone is 4. The number of methoxy groups -OCH3 is 1. The third-order valence-electron chi connectivity index (χ3n) is 2.38. The highest BCUT2D eigenvalue weighted by Crippen LogP contribution is 2.20. The van der Waals surface area contributed by atoms with Crippen LogP contribution in [0.4, 0.5) is 0 Å². The topological polar surface area (TPSA) is 9.23 Å². The fraction of sp³-hybridized carbons (Fsp3) is 0.333. The van der Waals surface area contributed by atoms with E-state index in [4.69, 9.17) is 4.74 Å². The summed E-state index contributed by atoms with van der Waals surface area (Å²) in [5, 5.41) is 0. The van der Waals surface area contributed by atoms with Crippen LogP contribution in [0.2, 0.25) is 0 Å². The molecule has 0 bridgehead atoms. The van der Waals surface area contributed by atoms with E-state index in [9.17, 15) is 0 Å². The van der Waals surface area contributed by atoms with Gasteiger partial charge in [-0.15, -0.1) is 0 Å². The molecule has 0 amide bonds. The van der Waals surface area contributed by atoms with Crippen molar-refractivity contribution < 1.29 is 4.74 Å². The molecule has 0 saturated heterocycles. The maximum atomic E-state index is 5.15. The Bertz CT molecular complexity index is 358. The Hall–Kier alpha value is -1.50. The Morgan fingerprint density at radius 1 is 1.12 bits per heavy atom. The number of ether oxygens (including phenoxy) is 1. The Kier molecular flexibility index (Phi) is 5.41. The quantitative estimate of drug-likeness (QED) is 0.660. The minimum absolute atomic E-state index is 0.902. The standard InChI is InChI=1S/C15H20O/c1-4-6-8-13(7-5-2)14-9-11-15(16-3)12-10-14/h6-12H,4-5H2,1-3H3/b8-6-,13-7+. The van der Waals surface area contributed by atoms with Gasteiger partial charge in [0.1, 0.15) is 5.75 Å². The second-order valence-corrected chi connectivity index (χ2v) is 3.61. The van der Waals surface area contributed by atoms with Crippen molar-refractivity contribution in [2.45, 2.75) is 26.7 Å². The van der Waals surface area contributed by atoms with E-state index in [1.54, 1.807) is 7.11 Å². The number of hydrogen-bond donors (Lipinski definition) is 0. The molecule has 86 valence electrons. The second kappa shape index (κ2) is 6.89. The molecule has 1 heteroatoms. The van der Waals surface area contributed by atoms with Crippen LogP contribution in [0.1, 0.15) is 32.3 Å². The molecule has 0 aliphatic carbocycles. The van der Waals surface area contributed by atoms with Crippen molar-refractivity contribution in [3.8, 4) is 5.75 Å². The van der Waals surface area contributed by atoms with E-state index in [2.05, 4.69) is 44.2 Å². The summed E-state index contributed by atoms with van der Waals surface area (Å²) < 4.78 is 5.15. The SMILES string of the molecule is CC/C=C\C(=C/CC)c1ccc(OC)cc1. The van der Waals surface area contributed by atoms with Crippen molar-refractivity contribution in [3.63, 3.8) is 0 Å². The van der Waals surface area contributed by atoms with E-state index in [1.165, 1.54) is 11.1 Å². The second-order valence-electron chi connectivity index (χ2n) is 3.61. The maximum Gasteiger partial charge on any atom is 0.118 e. The van der Waals surface area contributed by atoms with Crippen LogP contribution in [0, 0.1) is 0 Å². The Morgan fingerprint density at radius 3 is 2.31 bits per heavy atom. The first-order chi connectivity index (χ1) is 7.81. The summed E-state index contributed by atoms with van der Waals surface area (Å²) >= 11 is 0. The van der Waals surface area contributed by atoms with Crippen LogP contribution in [-0.2, 0) is 0 Å². The molecule has 0 heterocycles. The summed E-state index contributed by atoms with van der Waals surface area (Å²) in [5.41, 5.74) is 2.53. The fourth-order valence-electron chi connectivity index (χ4n) is 1.53. The number of benzene rings is 1. The molecule has 0 atom stereocenters. The minimum atomic E-state index is 0.902. The first-order valence-electron chi connectivity index (χ1n) is 5.83. The van der Waals surface area contributed by atoms with Crippen LogP contribution in [0.25, 0.3) is 5.57 Å². The van der Waals surface area contributed by atoms with Crippen LogP contribution in [0.3, 0.4) is 0 Å². The van der Waals surface area contributed by atoms with E-state index >= 15 is 0 Å². The number of hydrogen-bond acceptors (Lipinski definition) is 1. The molecule has 0 aromatic heterocycles. The first-order valence-corrected chi connectivity index (χ1v) is 5.83. The lowest BCUT2D eigenvalue weighted by Gasteiger charge is -2.04. The zero-order valence-corrected chi connectivity index (χ0v) is 10.4. The molecule has 0 radical (unpaired) electrons. The monoisotopic (exact) mass is 216 g/mol. The van der Waals surface area contributed by atoms with Gasteiger partial charge in [0.15, 0.2) is 0 Å². The van der Waals surface area contributed by atoms with E-state index in [0.29, 0.717) is 0 Å². The van der Waals surface area contributed by atoms with Gasteiger partial charge >= 0.3 is 0 Å². The normalized spacial score (nSPS) is 12.1. The molecule has 0 aliphatic rings. The summed E-state index contributed by atoms with van der Waals surface area (Å²) in [7, 11) is 1.69. The average Bonchev–Trinajstić information content (AvgIpc) is 2.35. The van der Waals surface area contributed by atoms with Gasteiger partial charge in [0.2, 0.25) is 0 Å². The Balaban J connectivity index is 2.93. The van der Waals surface area contributed by atoms with Crippen LogP contribution < -0.4 is 4.74 Å². The third kappa shape index (κ3) is 3.58. The summed E-state index contributed by atoms with van der Waals surface area (Å²) in [6.07, 6.45) is 8.73. The summed E-state index contributed by atoms with van der Waals surface area (Å²) in [6, 6.07) is 8.19. The van der Waals surface area contributed by atoms with Crippen molar-refractivity contribution >= 4 is 5.57 Å². The van der Waals surface area contributed by atoms with Gasteiger partial charge in [-0.2, -0.15) is 0 Å². The van der Waals surface area contributed by atoms with Gasteiger partial charge in [-0.25, -0.2) is 0 Å². The number of rotatable bonds is 5. The highest BCUT2D eigenvalue weighted by molar-refractivity contribution is 5.74. The van der Waals surface area contributed by atoms with Gasteiger partial charge in [0, 0.05) is 0 Å². The molecule has 0 fully saturated rings. The highest BCUT2D eigenvalue weighted by Gasteiger charge is 1.97. The molecular weight excluding hydrogens is 196 g/mol. The van der Waals surface area contributed by atoms with Crippen molar-refractivity contribution in [1.29, 1.82) is 0 Å². The minimum Gasteiger partial charge on any atom is -0.497 e. The van der Waals surface area contributed by atoms with Gasteiger partial charge in [-0.3, -0.25) is 0 Å². The molecular formula is C15H20O. The molecule has 0 N–H and O–H groups in total. The average molecular weight is 216 g/mol. The van der Waals surface area contributed by atoms with Gasteiger partial charge in [0.05, 0.1) is 7.11 Å². The lowest BCUT2D eigenvalue weighted by atomic mass is 10.0. The largest absolute Gasteiger partial charge is 0.497 e. The van der Waals surface area contributed by atoms with Crippen LogP contribution in [0.15, 0.2) is 42.5 Å². The molecule has 0 unspecified atom stereocenters. The van der Waals surface area contributed by atoms with Gasteiger partial charge in [-0.1, -0.05) is 44.2 Å². The smallest absolute Gasteiger partial charge is 0.118 e. The van der Waals surface area contributed by atoms with Crippen LogP contribution in [-0.4, -0.2) is 7.11 Å². The van der Waals surface area contributed by atoms with Crippen molar-refractivity contribution in [2.75, 3.05) is 7.11 Å². The summed E-state index contributed by atoms with van der Waals surface area (Å²) in [6.45, 7) is 4.30. The van der Waals surface area contributed by atoms with Gasteiger partial charge < -0.3 is 4.74 Å². The fourth-order valence-corrected chi connectivity index (χ4v) is 1.53. The van der Waals surface area contributed by atoms with E-state index in [0.717, 1.165) is 18.6 Å². The lowest BCUT2D eigenvalue weighted by Crippen LogP contribution is -1.84. The first kappa shape index (κ1) is 12.6. The predicted molar refractivity (Wildman–Crippen MR) is 70.7 cm³/mol.